The molecule has 0 saturated heterocycles. The summed E-state index contributed by atoms with van der Waals surface area (Å²) in [4.78, 5) is 11.1. The van der Waals surface area contributed by atoms with Crippen molar-refractivity contribution >= 4 is 5.97 Å². The first-order chi connectivity index (χ1) is 11.8. The SMILES string of the molecule is CC/C=C\C/C=C\C/C=C\C/C=C/C/C=C\CCCC(=O)OCC. The highest BCUT2D eigenvalue weighted by atomic mass is 16.5. The van der Waals surface area contributed by atoms with Crippen molar-refractivity contribution in [1.29, 1.82) is 0 Å². The Morgan fingerprint density at radius 2 is 1.17 bits per heavy atom. The summed E-state index contributed by atoms with van der Waals surface area (Å²) in [5.41, 5.74) is 0. The van der Waals surface area contributed by atoms with E-state index in [2.05, 4.69) is 67.7 Å². The fourth-order valence-electron chi connectivity index (χ4n) is 1.97. The standard InChI is InChI=1S/C22H34O2/c1-3-5-6-7-8-9-10-11-12-13-14-15-16-17-18-19-20-21-22(23)24-4-2/h5-6,8-9,11-12,14-15,17-18H,3-4,7,10,13,16,19-21H2,1-2H3/b6-5-,9-8-,12-11-,15-14+,18-17-. The molecule has 2 heteroatoms. The molecule has 0 aromatic carbocycles. The number of unbranched alkanes of at least 4 members (excludes halogenated alkanes) is 1. The predicted octanol–water partition coefficient (Wildman–Crippen LogP) is 6.47. The van der Waals surface area contributed by atoms with Crippen molar-refractivity contribution in [3.05, 3.63) is 60.8 Å². The van der Waals surface area contributed by atoms with E-state index in [0.717, 1.165) is 44.9 Å². The van der Waals surface area contributed by atoms with Crippen molar-refractivity contribution in [3.63, 3.8) is 0 Å². The van der Waals surface area contributed by atoms with Gasteiger partial charge < -0.3 is 4.74 Å². The molecule has 0 radical (unpaired) electrons. The van der Waals surface area contributed by atoms with E-state index in [1.807, 2.05) is 6.92 Å². The Morgan fingerprint density at radius 3 is 1.62 bits per heavy atom. The van der Waals surface area contributed by atoms with Crippen LogP contribution in [0.3, 0.4) is 0 Å². The summed E-state index contributed by atoms with van der Waals surface area (Å²) >= 11 is 0. The van der Waals surface area contributed by atoms with Crippen LogP contribution in [0.25, 0.3) is 0 Å². The summed E-state index contributed by atoms with van der Waals surface area (Å²) in [6.07, 6.45) is 29.3. The van der Waals surface area contributed by atoms with Crippen LogP contribution < -0.4 is 0 Å². The molecule has 0 amide bonds. The molecule has 0 aromatic rings. The molecule has 0 rings (SSSR count). The second-order valence-electron chi connectivity index (χ2n) is 5.41. The number of carbonyl (C=O) groups is 1. The van der Waals surface area contributed by atoms with E-state index in [1.54, 1.807) is 0 Å². The molecule has 0 heterocycles. The number of allylic oxidation sites excluding steroid dienone is 10. The molecule has 134 valence electrons. The van der Waals surface area contributed by atoms with Crippen LogP contribution >= 0.6 is 0 Å². The molecular weight excluding hydrogens is 296 g/mol. The van der Waals surface area contributed by atoms with Crippen molar-refractivity contribution in [2.45, 2.75) is 65.2 Å². The molecule has 0 N–H and O–H groups in total. The smallest absolute Gasteiger partial charge is 0.305 e. The van der Waals surface area contributed by atoms with Crippen LogP contribution in [0.15, 0.2) is 60.8 Å². The third-order valence-corrected chi connectivity index (χ3v) is 3.21. The van der Waals surface area contributed by atoms with Gasteiger partial charge in [-0.25, -0.2) is 0 Å². The molecule has 0 aliphatic rings. The second kappa shape index (κ2) is 19.2. The molecule has 0 aliphatic heterocycles. The zero-order valence-electron chi connectivity index (χ0n) is 15.5. The van der Waals surface area contributed by atoms with Gasteiger partial charge in [0.1, 0.15) is 0 Å². The Morgan fingerprint density at radius 1 is 0.708 bits per heavy atom. The summed E-state index contributed by atoms with van der Waals surface area (Å²) in [7, 11) is 0. The van der Waals surface area contributed by atoms with E-state index in [9.17, 15) is 4.79 Å². The van der Waals surface area contributed by atoms with Crippen LogP contribution in [0.5, 0.6) is 0 Å². The average molecular weight is 331 g/mol. The van der Waals surface area contributed by atoms with Crippen molar-refractivity contribution in [2.24, 2.45) is 0 Å². The molecule has 0 unspecified atom stereocenters. The molecule has 0 aromatic heterocycles. The van der Waals surface area contributed by atoms with Gasteiger partial charge >= 0.3 is 5.97 Å². The number of carbonyl (C=O) groups excluding carboxylic acids is 1. The van der Waals surface area contributed by atoms with E-state index in [1.165, 1.54) is 0 Å². The van der Waals surface area contributed by atoms with Gasteiger partial charge in [-0.3, -0.25) is 4.79 Å². The summed E-state index contributed by atoms with van der Waals surface area (Å²) in [5, 5.41) is 0. The Labute approximate surface area is 148 Å². The Balaban J connectivity index is 3.48. The minimum atomic E-state index is -0.0927. The number of rotatable bonds is 14. The lowest BCUT2D eigenvalue weighted by Crippen LogP contribution is -2.02. The van der Waals surface area contributed by atoms with Crippen molar-refractivity contribution in [1.82, 2.24) is 0 Å². The minimum absolute atomic E-state index is 0.0927. The van der Waals surface area contributed by atoms with E-state index in [4.69, 9.17) is 4.74 Å². The monoisotopic (exact) mass is 330 g/mol. The lowest BCUT2D eigenvalue weighted by atomic mass is 10.2. The van der Waals surface area contributed by atoms with Crippen molar-refractivity contribution in [3.8, 4) is 0 Å². The van der Waals surface area contributed by atoms with Gasteiger partial charge in [0.25, 0.3) is 0 Å². The highest BCUT2D eigenvalue weighted by Gasteiger charge is 1.98. The van der Waals surface area contributed by atoms with Crippen molar-refractivity contribution < 1.29 is 9.53 Å². The van der Waals surface area contributed by atoms with Crippen LogP contribution in [-0.4, -0.2) is 12.6 Å². The first kappa shape index (κ1) is 22.2. The number of esters is 1. The zero-order chi connectivity index (χ0) is 17.7. The fraction of sp³-hybridized carbons (Fsp3) is 0.500. The van der Waals surface area contributed by atoms with Crippen LogP contribution in [0.4, 0.5) is 0 Å². The molecule has 0 spiro atoms. The highest BCUT2D eigenvalue weighted by molar-refractivity contribution is 5.69. The van der Waals surface area contributed by atoms with Gasteiger partial charge in [0.2, 0.25) is 0 Å². The number of ether oxygens (including phenoxy) is 1. The molecule has 2 nitrogen and oxygen atoms in total. The molecule has 0 atom stereocenters. The zero-order valence-corrected chi connectivity index (χ0v) is 15.5. The third kappa shape index (κ3) is 18.2. The summed E-state index contributed by atoms with van der Waals surface area (Å²) in [5.74, 6) is -0.0927. The van der Waals surface area contributed by atoms with Gasteiger partial charge in [-0.2, -0.15) is 0 Å². The first-order valence-corrected chi connectivity index (χ1v) is 9.21. The number of hydrogen-bond donors (Lipinski definition) is 0. The van der Waals surface area contributed by atoms with Crippen LogP contribution in [-0.2, 0) is 9.53 Å². The van der Waals surface area contributed by atoms with Crippen LogP contribution in [0.2, 0.25) is 0 Å². The normalized spacial score (nSPS) is 12.6. The van der Waals surface area contributed by atoms with Gasteiger partial charge in [0.05, 0.1) is 6.61 Å². The Kier molecular flexibility index (Phi) is 17.8. The van der Waals surface area contributed by atoms with E-state index >= 15 is 0 Å². The highest BCUT2D eigenvalue weighted by Crippen LogP contribution is 2.00. The molecular formula is C22H34O2. The molecule has 0 bridgehead atoms. The lowest BCUT2D eigenvalue weighted by Gasteiger charge is -1.98. The van der Waals surface area contributed by atoms with E-state index in [0.29, 0.717) is 13.0 Å². The maximum Gasteiger partial charge on any atom is 0.305 e. The van der Waals surface area contributed by atoms with Gasteiger partial charge in [-0.15, -0.1) is 0 Å². The summed E-state index contributed by atoms with van der Waals surface area (Å²) in [6, 6.07) is 0. The van der Waals surface area contributed by atoms with Crippen molar-refractivity contribution in [2.75, 3.05) is 6.61 Å². The third-order valence-electron chi connectivity index (χ3n) is 3.21. The van der Waals surface area contributed by atoms with Gasteiger partial charge in [-0.05, 0) is 51.9 Å². The van der Waals surface area contributed by atoms with E-state index < -0.39 is 0 Å². The lowest BCUT2D eigenvalue weighted by molar-refractivity contribution is -0.143. The van der Waals surface area contributed by atoms with Gasteiger partial charge in [0, 0.05) is 6.42 Å². The van der Waals surface area contributed by atoms with Crippen LogP contribution in [0.1, 0.15) is 65.2 Å². The topological polar surface area (TPSA) is 26.3 Å². The van der Waals surface area contributed by atoms with Crippen LogP contribution in [0, 0.1) is 0 Å². The maximum atomic E-state index is 11.1. The Hall–Kier alpha value is -1.83. The van der Waals surface area contributed by atoms with E-state index in [-0.39, 0.29) is 5.97 Å². The van der Waals surface area contributed by atoms with Gasteiger partial charge in [-0.1, -0.05) is 67.7 Å². The quantitative estimate of drug-likeness (QED) is 0.207. The summed E-state index contributed by atoms with van der Waals surface area (Å²) in [6.45, 7) is 4.46. The summed E-state index contributed by atoms with van der Waals surface area (Å²) < 4.78 is 4.88. The first-order valence-electron chi connectivity index (χ1n) is 9.21. The predicted molar refractivity (Wildman–Crippen MR) is 105 cm³/mol. The minimum Gasteiger partial charge on any atom is -0.466 e. The second-order valence-corrected chi connectivity index (χ2v) is 5.41. The molecule has 24 heavy (non-hydrogen) atoms. The maximum absolute atomic E-state index is 11.1. The molecule has 0 fully saturated rings. The average Bonchev–Trinajstić information content (AvgIpc) is 2.58. The largest absolute Gasteiger partial charge is 0.466 e. The molecule has 0 aliphatic carbocycles. The number of hydrogen-bond acceptors (Lipinski definition) is 2. The fourth-order valence-corrected chi connectivity index (χ4v) is 1.97. The molecule has 0 saturated carbocycles. The van der Waals surface area contributed by atoms with Gasteiger partial charge in [0.15, 0.2) is 0 Å². The Bertz CT molecular complexity index is 425.